The van der Waals surface area contributed by atoms with Crippen LogP contribution in [-0.2, 0) is 4.79 Å². The summed E-state index contributed by atoms with van der Waals surface area (Å²) in [5, 5.41) is 6.46. The Kier molecular flexibility index (Phi) is 9.14. The van der Waals surface area contributed by atoms with E-state index in [9.17, 15) is 14.4 Å². The van der Waals surface area contributed by atoms with Gasteiger partial charge in [-0.2, -0.15) is 5.10 Å². The molecule has 0 aliphatic rings. The molecule has 0 unspecified atom stereocenters. The molecule has 2 amide bonds. The number of carbonyl (C=O) groups excluding carboxylic acids is 3. The lowest BCUT2D eigenvalue weighted by molar-refractivity contribution is -0.120. The van der Waals surface area contributed by atoms with E-state index in [0.717, 1.165) is 10.0 Å². The van der Waals surface area contributed by atoms with Gasteiger partial charge < -0.3 is 14.8 Å². The van der Waals surface area contributed by atoms with Crippen molar-refractivity contribution in [2.24, 2.45) is 5.10 Å². The number of aryl methyl sites for hydroxylation is 1. The molecule has 9 heteroatoms. The maximum absolute atomic E-state index is 12.6. The maximum atomic E-state index is 12.6. The number of amides is 2. The van der Waals surface area contributed by atoms with E-state index >= 15 is 0 Å². The van der Waals surface area contributed by atoms with Crippen LogP contribution in [0.1, 0.15) is 38.8 Å². The summed E-state index contributed by atoms with van der Waals surface area (Å²) in [5.74, 6) is -0.495. The van der Waals surface area contributed by atoms with Gasteiger partial charge in [-0.3, -0.25) is 9.59 Å². The molecule has 3 aromatic carbocycles. The Morgan fingerprint density at radius 3 is 2.49 bits per heavy atom. The molecule has 0 heterocycles. The summed E-state index contributed by atoms with van der Waals surface area (Å²) >= 11 is 3.37. The van der Waals surface area contributed by atoms with E-state index in [2.05, 4.69) is 31.8 Å². The molecule has 0 saturated heterocycles. The number of hydrogen-bond donors (Lipinski definition) is 2. The monoisotopic (exact) mass is 537 g/mol. The quantitative estimate of drug-likeness (QED) is 0.183. The number of halogens is 1. The lowest BCUT2D eigenvalue weighted by Gasteiger charge is -2.09. The Bertz CT molecular complexity index is 1240. The fraction of sp³-hybridized carbons (Fsp3) is 0.154. The van der Waals surface area contributed by atoms with Crippen LogP contribution in [-0.4, -0.2) is 37.1 Å². The first-order valence-corrected chi connectivity index (χ1v) is 11.6. The van der Waals surface area contributed by atoms with Crippen molar-refractivity contribution >= 4 is 39.9 Å². The van der Waals surface area contributed by atoms with E-state index < -0.39 is 11.9 Å². The number of ether oxygens (including phenoxy) is 2. The van der Waals surface area contributed by atoms with E-state index in [4.69, 9.17) is 9.47 Å². The second kappa shape index (κ2) is 12.5. The fourth-order valence-electron chi connectivity index (χ4n) is 2.99. The van der Waals surface area contributed by atoms with Crippen LogP contribution in [0.4, 0.5) is 0 Å². The minimum absolute atomic E-state index is 0.248. The van der Waals surface area contributed by atoms with Gasteiger partial charge in [0.2, 0.25) is 0 Å². The molecular weight excluding hydrogens is 514 g/mol. The van der Waals surface area contributed by atoms with Crippen molar-refractivity contribution in [1.82, 2.24) is 10.7 Å². The largest absolute Gasteiger partial charge is 0.494 e. The van der Waals surface area contributed by atoms with Gasteiger partial charge in [0.15, 0.2) is 0 Å². The van der Waals surface area contributed by atoms with E-state index in [-0.39, 0.29) is 18.2 Å². The molecule has 2 N–H and O–H groups in total. The van der Waals surface area contributed by atoms with E-state index in [1.807, 2.05) is 19.9 Å². The van der Waals surface area contributed by atoms with Crippen LogP contribution >= 0.6 is 15.9 Å². The molecule has 0 fully saturated rings. The topological polar surface area (TPSA) is 106 Å². The Labute approximate surface area is 211 Å². The summed E-state index contributed by atoms with van der Waals surface area (Å²) in [6.07, 6.45) is 1.35. The first-order valence-electron chi connectivity index (χ1n) is 10.8. The smallest absolute Gasteiger partial charge is 0.343 e. The SMILES string of the molecule is CCOc1ccc(C(=O)Oc2ccc(Br)cc2/C=N/NC(=O)CNC(=O)c2cccc(C)c2)cc1. The fourth-order valence-corrected chi connectivity index (χ4v) is 3.37. The Hall–Kier alpha value is -3.98. The van der Waals surface area contributed by atoms with Gasteiger partial charge in [0.25, 0.3) is 11.8 Å². The highest BCUT2D eigenvalue weighted by Gasteiger charge is 2.12. The predicted molar refractivity (Wildman–Crippen MR) is 136 cm³/mol. The molecule has 0 radical (unpaired) electrons. The molecule has 0 aliphatic carbocycles. The first-order chi connectivity index (χ1) is 16.9. The van der Waals surface area contributed by atoms with Gasteiger partial charge in [-0.15, -0.1) is 0 Å². The minimum Gasteiger partial charge on any atom is -0.494 e. The molecule has 8 nitrogen and oxygen atoms in total. The second-order valence-electron chi connectivity index (χ2n) is 7.37. The average molecular weight is 538 g/mol. The van der Waals surface area contributed by atoms with Gasteiger partial charge in [0, 0.05) is 15.6 Å². The van der Waals surface area contributed by atoms with Crippen LogP contribution in [0, 0.1) is 6.92 Å². The Morgan fingerprint density at radius 1 is 1.00 bits per heavy atom. The number of carbonyl (C=O) groups is 3. The highest BCUT2D eigenvalue weighted by atomic mass is 79.9. The van der Waals surface area contributed by atoms with Crippen molar-refractivity contribution < 1.29 is 23.9 Å². The van der Waals surface area contributed by atoms with Gasteiger partial charge in [-0.05, 0) is 68.4 Å². The molecule has 3 aromatic rings. The van der Waals surface area contributed by atoms with Gasteiger partial charge in [-0.1, -0.05) is 33.6 Å². The summed E-state index contributed by atoms with van der Waals surface area (Å²) in [6.45, 7) is 4.04. The molecule has 0 saturated carbocycles. The van der Waals surface area contributed by atoms with Crippen molar-refractivity contribution in [3.8, 4) is 11.5 Å². The third kappa shape index (κ3) is 7.79. The number of hydrogen-bond acceptors (Lipinski definition) is 6. The molecule has 35 heavy (non-hydrogen) atoms. The standard InChI is InChI=1S/C26H24BrN3O5/c1-3-34-22-10-7-18(8-11-22)26(33)35-23-12-9-21(27)14-20(23)15-29-30-24(31)16-28-25(32)19-6-4-5-17(2)13-19/h4-15H,3,16H2,1-2H3,(H,28,32)(H,30,31)/b29-15+. The lowest BCUT2D eigenvalue weighted by atomic mass is 10.1. The molecule has 0 atom stereocenters. The number of benzene rings is 3. The average Bonchev–Trinajstić information content (AvgIpc) is 2.84. The van der Waals surface area contributed by atoms with Gasteiger partial charge in [-0.25, -0.2) is 10.2 Å². The summed E-state index contributed by atoms with van der Waals surface area (Å²) in [6, 6.07) is 18.7. The summed E-state index contributed by atoms with van der Waals surface area (Å²) < 4.78 is 11.6. The van der Waals surface area contributed by atoms with Crippen LogP contribution in [0.25, 0.3) is 0 Å². The predicted octanol–water partition coefficient (Wildman–Crippen LogP) is 4.26. The normalized spacial score (nSPS) is 10.6. The van der Waals surface area contributed by atoms with Crippen molar-refractivity contribution in [3.05, 3.63) is 93.5 Å². The molecule has 0 aromatic heterocycles. The Morgan fingerprint density at radius 2 is 1.77 bits per heavy atom. The summed E-state index contributed by atoms with van der Waals surface area (Å²) in [7, 11) is 0. The second-order valence-corrected chi connectivity index (χ2v) is 8.29. The molecule has 0 aliphatic heterocycles. The minimum atomic E-state index is -0.548. The number of rotatable bonds is 9. The van der Waals surface area contributed by atoms with Crippen molar-refractivity contribution in [3.63, 3.8) is 0 Å². The highest BCUT2D eigenvalue weighted by molar-refractivity contribution is 9.10. The van der Waals surface area contributed by atoms with Gasteiger partial charge in [0.05, 0.1) is 24.9 Å². The molecule has 180 valence electrons. The van der Waals surface area contributed by atoms with E-state index in [0.29, 0.717) is 29.0 Å². The van der Waals surface area contributed by atoms with E-state index in [1.54, 1.807) is 60.7 Å². The van der Waals surface area contributed by atoms with Crippen LogP contribution in [0.15, 0.2) is 76.3 Å². The van der Waals surface area contributed by atoms with Gasteiger partial charge >= 0.3 is 5.97 Å². The van der Waals surface area contributed by atoms with Crippen molar-refractivity contribution in [2.45, 2.75) is 13.8 Å². The zero-order valence-electron chi connectivity index (χ0n) is 19.2. The van der Waals surface area contributed by atoms with Crippen LogP contribution in [0.5, 0.6) is 11.5 Å². The third-order valence-corrected chi connectivity index (χ3v) is 5.15. The number of nitrogens with zero attached hydrogens (tertiary/aromatic N) is 1. The Balaban J connectivity index is 1.59. The highest BCUT2D eigenvalue weighted by Crippen LogP contribution is 2.23. The zero-order valence-corrected chi connectivity index (χ0v) is 20.8. The lowest BCUT2D eigenvalue weighted by Crippen LogP contribution is -2.34. The van der Waals surface area contributed by atoms with Gasteiger partial charge in [0.1, 0.15) is 11.5 Å². The maximum Gasteiger partial charge on any atom is 0.343 e. The number of hydrazone groups is 1. The van der Waals surface area contributed by atoms with Crippen molar-refractivity contribution in [1.29, 1.82) is 0 Å². The summed E-state index contributed by atoms with van der Waals surface area (Å²) in [5.41, 5.74) is 4.58. The zero-order chi connectivity index (χ0) is 25.2. The van der Waals surface area contributed by atoms with Crippen molar-refractivity contribution in [2.75, 3.05) is 13.2 Å². The van der Waals surface area contributed by atoms with Crippen LogP contribution in [0.2, 0.25) is 0 Å². The summed E-state index contributed by atoms with van der Waals surface area (Å²) in [4.78, 5) is 36.8. The first kappa shape index (κ1) is 25.6. The van der Waals surface area contributed by atoms with Crippen LogP contribution < -0.4 is 20.2 Å². The molecule has 0 spiro atoms. The number of esters is 1. The van der Waals surface area contributed by atoms with Crippen LogP contribution in [0.3, 0.4) is 0 Å². The molecule has 0 bridgehead atoms. The third-order valence-electron chi connectivity index (χ3n) is 4.66. The molecule has 3 rings (SSSR count). The number of nitrogens with one attached hydrogen (secondary N) is 2. The molecular formula is C26H24BrN3O5. The van der Waals surface area contributed by atoms with E-state index in [1.165, 1.54) is 6.21 Å².